The van der Waals surface area contributed by atoms with Crippen molar-refractivity contribution in [2.24, 2.45) is 0 Å². The van der Waals surface area contributed by atoms with Crippen molar-refractivity contribution in [3.8, 4) is 5.75 Å². The number of carbonyl (C=O) groups is 2. The first-order valence-corrected chi connectivity index (χ1v) is 8.87. The summed E-state index contributed by atoms with van der Waals surface area (Å²) < 4.78 is 2.94. The van der Waals surface area contributed by atoms with Crippen LogP contribution in [0.3, 0.4) is 0 Å². The van der Waals surface area contributed by atoms with Gasteiger partial charge in [-0.15, -0.1) is 0 Å². The minimum Gasteiger partial charge on any atom is -0.505 e. The topological polar surface area (TPSA) is 113 Å². The third-order valence-corrected chi connectivity index (χ3v) is 4.66. The molecule has 2 heterocycles. The second kappa shape index (κ2) is 7.16. The number of hydrogen-bond acceptors (Lipinski definition) is 4. The first-order chi connectivity index (χ1) is 14.0. The number of aromatic hydroxyl groups is 1. The number of para-hydroxylation sites is 1. The van der Waals surface area contributed by atoms with Gasteiger partial charge in [-0.1, -0.05) is 48.5 Å². The second-order valence-corrected chi connectivity index (χ2v) is 6.55. The van der Waals surface area contributed by atoms with E-state index in [1.165, 1.54) is 4.68 Å². The van der Waals surface area contributed by atoms with E-state index in [2.05, 4.69) is 5.32 Å². The number of benzene rings is 2. The predicted molar refractivity (Wildman–Crippen MR) is 106 cm³/mol. The lowest BCUT2D eigenvalue weighted by Gasteiger charge is -2.15. The zero-order valence-corrected chi connectivity index (χ0v) is 15.2. The summed E-state index contributed by atoms with van der Waals surface area (Å²) in [5.74, 6) is -2.68. The molecule has 29 heavy (non-hydrogen) atoms. The molecular formula is C21H17N3O5. The number of carbonyl (C=O) groups excluding carboxylic acids is 1. The molecule has 0 spiro atoms. The van der Waals surface area contributed by atoms with Crippen molar-refractivity contribution in [1.82, 2.24) is 14.5 Å². The van der Waals surface area contributed by atoms with Gasteiger partial charge in [-0.2, -0.15) is 0 Å². The number of hydrogen-bond donors (Lipinski definition) is 3. The predicted octanol–water partition coefficient (Wildman–Crippen LogP) is 1.82. The monoisotopic (exact) mass is 391 g/mol. The molecule has 8 nitrogen and oxygen atoms in total. The Morgan fingerprint density at radius 2 is 1.66 bits per heavy atom. The normalized spacial score (nSPS) is 11.0. The van der Waals surface area contributed by atoms with Crippen LogP contribution in [0.25, 0.3) is 16.4 Å². The fraction of sp³-hybridized carbons (Fsp3) is 0.0952. The number of aliphatic carboxylic acids is 1. The Morgan fingerprint density at radius 1 is 0.966 bits per heavy atom. The molecule has 0 bridgehead atoms. The molecule has 0 radical (unpaired) electrons. The third-order valence-electron chi connectivity index (χ3n) is 4.66. The number of nitrogens with zero attached hydrogens (tertiary/aromatic N) is 2. The van der Waals surface area contributed by atoms with Crippen LogP contribution >= 0.6 is 0 Å². The highest BCUT2D eigenvalue weighted by atomic mass is 16.4. The Bertz CT molecular complexity index is 1300. The second-order valence-electron chi connectivity index (χ2n) is 6.55. The molecule has 3 N–H and O–H groups in total. The van der Waals surface area contributed by atoms with Gasteiger partial charge in [0.2, 0.25) is 0 Å². The summed E-state index contributed by atoms with van der Waals surface area (Å²) in [6.45, 7) is -0.501. The van der Waals surface area contributed by atoms with E-state index in [4.69, 9.17) is 5.11 Å². The Labute approximate surface area is 164 Å². The molecule has 0 fully saturated rings. The van der Waals surface area contributed by atoms with Gasteiger partial charge in [-0.25, -0.2) is 9.20 Å². The zero-order chi connectivity index (χ0) is 20.5. The standard InChI is InChI=1S/C21H17N3O5/c25-17(26)11-22-20(28)18-19(27)16-10-14-8-4-5-9-15(14)24(16)23(21(18)29)12-13-6-2-1-3-7-13/h1-10,27H,11-12H2,(H,22,28)(H,25,26). The maximum Gasteiger partial charge on any atom is 0.322 e. The molecule has 0 saturated heterocycles. The zero-order valence-electron chi connectivity index (χ0n) is 15.2. The van der Waals surface area contributed by atoms with Gasteiger partial charge >= 0.3 is 5.97 Å². The van der Waals surface area contributed by atoms with E-state index in [1.54, 1.807) is 10.6 Å². The fourth-order valence-electron chi connectivity index (χ4n) is 3.37. The molecule has 0 aliphatic carbocycles. The third kappa shape index (κ3) is 3.20. The smallest absolute Gasteiger partial charge is 0.322 e. The Morgan fingerprint density at radius 3 is 2.38 bits per heavy atom. The number of fused-ring (bicyclic) bond motifs is 3. The lowest BCUT2D eigenvalue weighted by Crippen LogP contribution is -2.37. The van der Waals surface area contributed by atoms with Gasteiger partial charge in [0.25, 0.3) is 11.5 Å². The van der Waals surface area contributed by atoms with Crippen LogP contribution in [-0.2, 0) is 11.3 Å². The molecule has 8 heteroatoms. The summed E-state index contributed by atoms with van der Waals surface area (Å²) in [6.07, 6.45) is 0. The van der Waals surface area contributed by atoms with E-state index < -0.39 is 35.3 Å². The number of aromatic nitrogens is 2. The summed E-state index contributed by atoms with van der Waals surface area (Å²) >= 11 is 0. The van der Waals surface area contributed by atoms with Gasteiger partial charge in [0, 0.05) is 5.39 Å². The molecule has 2 aromatic heterocycles. The lowest BCUT2D eigenvalue weighted by atomic mass is 10.2. The van der Waals surface area contributed by atoms with E-state index in [0.29, 0.717) is 5.52 Å². The summed E-state index contributed by atoms with van der Waals surface area (Å²) in [6, 6.07) is 18.2. The van der Waals surface area contributed by atoms with Crippen molar-refractivity contribution in [3.05, 3.63) is 82.1 Å². The Hall–Kier alpha value is -4.07. The summed E-state index contributed by atoms with van der Waals surface area (Å²) in [7, 11) is 0. The van der Waals surface area contributed by atoms with Gasteiger partial charge in [-0.3, -0.25) is 14.4 Å². The first-order valence-electron chi connectivity index (χ1n) is 8.87. The maximum absolute atomic E-state index is 13.2. The SMILES string of the molecule is O=C(O)CNC(=O)c1c(O)c2cc3ccccc3n2n(Cc2ccccc2)c1=O. The van der Waals surface area contributed by atoms with Crippen molar-refractivity contribution < 1.29 is 19.8 Å². The van der Waals surface area contributed by atoms with Crippen LogP contribution in [-0.4, -0.2) is 37.8 Å². The van der Waals surface area contributed by atoms with Crippen LogP contribution in [0.5, 0.6) is 5.75 Å². The molecule has 0 unspecified atom stereocenters. The molecule has 0 saturated carbocycles. The minimum absolute atomic E-state index is 0.161. The Balaban J connectivity index is 2.00. The molecule has 2 aromatic carbocycles. The molecule has 4 aromatic rings. The van der Waals surface area contributed by atoms with Crippen LogP contribution in [0.2, 0.25) is 0 Å². The Kier molecular flexibility index (Phi) is 4.52. The van der Waals surface area contributed by atoms with E-state index >= 15 is 0 Å². The molecule has 0 aliphatic rings. The van der Waals surface area contributed by atoms with Crippen molar-refractivity contribution >= 4 is 28.3 Å². The van der Waals surface area contributed by atoms with Crippen molar-refractivity contribution in [3.63, 3.8) is 0 Å². The number of amides is 1. The molecule has 0 aliphatic heterocycles. The molecular weight excluding hydrogens is 374 g/mol. The highest BCUT2D eigenvalue weighted by Gasteiger charge is 2.24. The molecule has 146 valence electrons. The van der Waals surface area contributed by atoms with Crippen LogP contribution in [0.1, 0.15) is 15.9 Å². The van der Waals surface area contributed by atoms with Gasteiger partial charge in [0.05, 0.1) is 12.1 Å². The number of nitrogens with one attached hydrogen (secondary N) is 1. The number of carboxylic acids is 1. The van der Waals surface area contributed by atoms with E-state index in [-0.39, 0.29) is 12.1 Å². The van der Waals surface area contributed by atoms with E-state index in [1.807, 2.05) is 54.6 Å². The highest BCUT2D eigenvalue weighted by molar-refractivity contribution is 6.01. The lowest BCUT2D eigenvalue weighted by molar-refractivity contribution is -0.135. The van der Waals surface area contributed by atoms with Crippen molar-refractivity contribution in [2.75, 3.05) is 6.54 Å². The molecule has 0 atom stereocenters. The van der Waals surface area contributed by atoms with E-state index in [9.17, 15) is 19.5 Å². The van der Waals surface area contributed by atoms with Gasteiger partial charge in [0.15, 0.2) is 5.75 Å². The van der Waals surface area contributed by atoms with Crippen LogP contribution in [0.4, 0.5) is 0 Å². The average molecular weight is 391 g/mol. The van der Waals surface area contributed by atoms with Crippen LogP contribution in [0, 0.1) is 0 Å². The number of rotatable bonds is 5. The first kappa shape index (κ1) is 18.3. The quantitative estimate of drug-likeness (QED) is 0.480. The fourth-order valence-corrected chi connectivity index (χ4v) is 3.37. The minimum atomic E-state index is -1.25. The van der Waals surface area contributed by atoms with Gasteiger partial charge in [-0.05, 0) is 17.7 Å². The molecule has 4 rings (SSSR count). The molecule has 1 amide bonds. The van der Waals surface area contributed by atoms with Gasteiger partial charge < -0.3 is 15.5 Å². The van der Waals surface area contributed by atoms with Gasteiger partial charge in [0.1, 0.15) is 17.6 Å². The van der Waals surface area contributed by atoms with Crippen LogP contribution in [0.15, 0.2) is 65.5 Å². The average Bonchev–Trinajstić information content (AvgIpc) is 3.10. The summed E-state index contributed by atoms with van der Waals surface area (Å²) in [4.78, 5) is 36.5. The van der Waals surface area contributed by atoms with Crippen molar-refractivity contribution in [2.45, 2.75) is 6.54 Å². The summed E-state index contributed by atoms with van der Waals surface area (Å²) in [5.41, 5.74) is 0.599. The maximum atomic E-state index is 13.2. The van der Waals surface area contributed by atoms with E-state index in [0.717, 1.165) is 10.9 Å². The highest BCUT2D eigenvalue weighted by Crippen LogP contribution is 2.28. The summed E-state index contributed by atoms with van der Waals surface area (Å²) in [5, 5.41) is 22.4. The largest absolute Gasteiger partial charge is 0.505 e. The van der Waals surface area contributed by atoms with Crippen LogP contribution < -0.4 is 10.9 Å². The van der Waals surface area contributed by atoms with Crippen molar-refractivity contribution in [1.29, 1.82) is 0 Å². The number of carboxylic acid groups (broad SMARTS) is 1.